The lowest BCUT2D eigenvalue weighted by molar-refractivity contribution is 0.0372. The molecule has 2 aliphatic heterocycles. The maximum Gasteiger partial charge on any atom is 0.412 e. The van der Waals surface area contributed by atoms with Crippen LogP contribution >= 0.6 is 0 Å². The van der Waals surface area contributed by atoms with Crippen LogP contribution in [0.5, 0.6) is 0 Å². The Morgan fingerprint density at radius 3 is 2.36 bits per heavy atom. The maximum absolute atomic E-state index is 12.4. The highest BCUT2D eigenvalue weighted by molar-refractivity contribution is 5.76. The number of nitrogens with zero attached hydrogens (tertiary/aromatic N) is 2. The summed E-state index contributed by atoms with van der Waals surface area (Å²) in [7, 11) is 0. The van der Waals surface area contributed by atoms with Crippen LogP contribution in [0.3, 0.4) is 0 Å². The average Bonchev–Trinajstić information content (AvgIpc) is 3.08. The fourth-order valence-electron chi connectivity index (χ4n) is 2.62. The molecule has 7 heteroatoms. The number of ether oxygens (including phenoxy) is 2. The summed E-state index contributed by atoms with van der Waals surface area (Å²) in [5.41, 5.74) is -0.0180. The van der Waals surface area contributed by atoms with Gasteiger partial charge in [-0.1, -0.05) is 0 Å². The lowest BCUT2D eigenvalue weighted by Gasteiger charge is -2.21. The molecule has 2 amide bonds. The van der Waals surface area contributed by atoms with E-state index in [1.165, 1.54) is 0 Å². The van der Waals surface area contributed by atoms with Gasteiger partial charge in [0.25, 0.3) is 0 Å². The first-order valence-electron chi connectivity index (χ1n) is 8.67. The molecular weight excluding hydrogens is 322 g/mol. The Hall–Kier alpha value is -2.05. The lowest BCUT2D eigenvalue weighted by Crippen LogP contribution is -2.37. The number of nitrogens with one attached hydrogen (secondary N) is 1. The summed E-state index contributed by atoms with van der Waals surface area (Å²) < 4.78 is 10.7. The van der Waals surface area contributed by atoms with Crippen molar-refractivity contribution in [2.24, 2.45) is 4.99 Å². The Morgan fingerprint density at radius 1 is 1.20 bits per heavy atom. The number of aliphatic imine (C=N–C) groups is 1. The number of carbonyl (C=O) groups excluding carboxylic acids is 2. The zero-order chi connectivity index (χ0) is 18.8. The quantitative estimate of drug-likeness (QED) is 0.788. The third-order valence-corrected chi connectivity index (χ3v) is 3.63. The molecule has 0 radical (unpaired) electrons. The van der Waals surface area contributed by atoms with Crippen molar-refractivity contribution < 1.29 is 19.1 Å². The Labute approximate surface area is 149 Å². The van der Waals surface area contributed by atoms with E-state index in [1.807, 2.05) is 33.2 Å². The summed E-state index contributed by atoms with van der Waals surface area (Å²) in [6, 6.07) is -0.137. The van der Waals surface area contributed by atoms with E-state index in [-0.39, 0.29) is 6.04 Å². The van der Waals surface area contributed by atoms with Gasteiger partial charge in [-0.25, -0.2) is 9.59 Å². The third kappa shape index (κ3) is 6.07. The molecule has 140 valence electrons. The van der Waals surface area contributed by atoms with Crippen molar-refractivity contribution in [1.82, 2.24) is 10.2 Å². The molecule has 2 unspecified atom stereocenters. The molecule has 0 saturated carbocycles. The van der Waals surface area contributed by atoms with Gasteiger partial charge < -0.3 is 9.47 Å². The molecule has 2 atom stereocenters. The van der Waals surface area contributed by atoms with Crippen molar-refractivity contribution in [3.05, 3.63) is 11.8 Å². The first-order chi connectivity index (χ1) is 11.5. The predicted molar refractivity (Wildman–Crippen MR) is 95.4 cm³/mol. The van der Waals surface area contributed by atoms with Crippen LogP contribution in [0.1, 0.15) is 60.8 Å². The molecule has 1 fully saturated rings. The van der Waals surface area contributed by atoms with E-state index in [9.17, 15) is 9.59 Å². The standard InChI is InChI=1S/C18H29N3O4/c1-17(2,3)24-15(22)20-14-13(10-12-8-7-9-19-11-12)21(14)16(23)25-18(4,5)6/h9,11,13-14H,7-8,10H2,1-6H3,(H,20,22). The van der Waals surface area contributed by atoms with E-state index in [1.54, 1.807) is 25.7 Å². The van der Waals surface area contributed by atoms with Crippen molar-refractivity contribution in [3.8, 4) is 0 Å². The Kier molecular flexibility index (Phi) is 5.44. The van der Waals surface area contributed by atoms with E-state index < -0.39 is 29.6 Å². The number of rotatable bonds is 3. The fourth-order valence-corrected chi connectivity index (χ4v) is 2.62. The van der Waals surface area contributed by atoms with Gasteiger partial charge in [0.2, 0.25) is 0 Å². The average molecular weight is 351 g/mol. The monoisotopic (exact) mass is 351 g/mol. The van der Waals surface area contributed by atoms with Gasteiger partial charge in [0.1, 0.15) is 17.4 Å². The molecule has 0 bridgehead atoms. The molecule has 0 aliphatic carbocycles. The summed E-state index contributed by atoms with van der Waals surface area (Å²) in [6.07, 6.45) is 4.80. The van der Waals surface area contributed by atoms with Crippen molar-refractivity contribution in [2.75, 3.05) is 0 Å². The highest BCUT2D eigenvalue weighted by atomic mass is 16.6. The van der Waals surface area contributed by atoms with Crippen LogP contribution in [0, 0.1) is 0 Å². The van der Waals surface area contributed by atoms with E-state index in [0.717, 1.165) is 18.4 Å². The summed E-state index contributed by atoms with van der Waals surface area (Å²) in [4.78, 5) is 30.2. The van der Waals surface area contributed by atoms with Crippen LogP contribution < -0.4 is 5.32 Å². The second kappa shape index (κ2) is 7.06. The molecule has 0 aromatic carbocycles. The predicted octanol–water partition coefficient (Wildman–Crippen LogP) is 3.60. The second-order valence-corrected chi connectivity index (χ2v) is 8.41. The van der Waals surface area contributed by atoms with Crippen LogP contribution in [-0.2, 0) is 9.47 Å². The first kappa shape index (κ1) is 19.3. The van der Waals surface area contributed by atoms with Gasteiger partial charge in [-0.15, -0.1) is 0 Å². The molecule has 2 heterocycles. The zero-order valence-electron chi connectivity index (χ0n) is 16.0. The van der Waals surface area contributed by atoms with Crippen molar-refractivity contribution >= 4 is 18.4 Å². The van der Waals surface area contributed by atoms with Gasteiger partial charge in [-0.3, -0.25) is 15.2 Å². The van der Waals surface area contributed by atoms with Crippen LogP contribution in [0.15, 0.2) is 16.8 Å². The molecule has 2 rings (SSSR count). The van der Waals surface area contributed by atoms with Gasteiger partial charge in [0.05, 0.1) is 6.04 Å². The third-order valence-electron chi connectivity index (χ3n) is 3.63. The minimum absolute atomic E-state index is 0.137. The molecule has 0 spiro atoms. The van der Waals surface area contributed by atoms with E-state index in [4.69, 9.17) is 9.47 Å². The zero-order valence-corrected chi connectivity index (χ0v) is 16.0. The van der Waals surface area contributed by atoms with Crippen LogP contribution in [0.4, 0.5) is 9.59 Å². The van der Waals surface area contributed by atoms with Gasteiger partial charge >= 0.3 is 12.2 Å². The normalized spacial score (nSPS) is 23.0. The first-order valence-corrected chi connectivity index (χ1v) is 8.67. The number of alkyl carbamates (subject to hydrolysis) is 1. The molecule has 7 nitrogen and oxygen atoms in total. The Balaban J connectivity index is 2.02. The summed E-state index contributed by atoms with van der Waals surface area (Å²) in [6.45, 7) is 10.8. The molecule has 1 N–H and O–H groups in total. The van der Waals surface area contributed by atoms with Crippen LogP contribution in [-0.4, -0.2) is 46.7 Å². The van der Waals surface area contributed by atoms with Crippen LogP contribution in [0.25, 0.3) is 0 Å². The Bertz CT molecular complexity index is 584. The topological polar surface area (TPSA) is 80.0 Å². The maximum atomic E-state index is 12.4. The highest BCUT2D eigenvalue weighted by Gasteiger charge is 2.54. The summed E-state index contributed by atoms with van der Waals surface area (Å²) in [5.74, 6) is 0. The second-order valence-electron chi connectivity index (χ2n) is 8.41. The van der Waals surface area contributed by atoms with Crippen molar-refractivity contribution in [2.45, 2.75) is 84.2 Å². The minimum atomic E-state index is -0.591. The summed E-state index contributed by atoms with van der Waals surface area (Å²) in [5, 5.41) is 2.77. The molecule has 0 aromatic rings. The SMILES string of the molecule is CC(C)(C)OC(=O)NC1C(CC2=CN=CCC2)N1C(=O)OC(C)(C)C. The van der Waals surface area contributed by atoms with Crippen LogP contribution in [0.2, 0.25) is 0 Å². The van der Waals surface area contributed by atoms with Crippen molar-refractivity contribution in [3.63, 3.8) is 0 Å². The van der Waals surface area contributed by atoms with Crippen molar-refractivity contribution in [1.29, 1.82) is 0 Å². The number of hydrogen-bond donors (Lipinski definition) is 1. The van der Waals surface area contributed by atoms with E-state index in [0.29, 0.717) is 6.42 Å². The molecule has 25 heavy (non-hydrogen) atoms. The van der Waals surface area contributed by atoms with Gasteiger partial charge in [-0.05, 0) is 66.4 Å². The lowest BCUT2D eigenvalue weighted by atomic mass is 10.0. The fraction of sp³-hybridized carbons (Fsp3) is 0.722. The highest BCUT2D eigenvalue weighted by Crippen LogP contribution is 2.35. The molecule has 1 saturated heterocycles. The number of amides is 2. The van der Waals surface area contributed by atoms with Gasteiger partial charge in [0.15, 0.2) is 0 Å². The molecular formula is C18H29N3O4. The number of hydrogen-bond acceptors (Lipinski definition) is 5. The van der Waals surface area contributed by atoms with Gasteiger partial charge in [0, 0.05) is 12.4 Å². The minimum Gasteiger partial charge on any atom is -0.444 e. The van der Waals surface area contributed by atoms with E-state index >= 15 is 0 Å². The smallest absolute Gasteiger partial charge is 0.412 e. The molecule has 2 aliphatic rings. The number of carbonyl (C=O) groups is 2. The van der Waals surface area contributed by atoms with E-state index in [2.05, 4.69) is 10.3 Å². The molecule has 0 aromatic heterocycles. The largest absolute Gasteiger partial charge is 0.444 e. The van der Waals surface area contributed by atoms with Gasteiger partial charge in [-0.2, -0.15) is 0 Å². The summed E-state index contributed by atoms with van der Waals surface area (Å²) >= 11 is 0. The Morgan fingerprint density at radius 2 is 1.84 bits per heavy atom.